The van der Waals surface area contributed by atoms with Gasteiger partial charge in [-0.15, -0.1) is 11.8 Å². The number of carbonyl (C=O) groups is 1. The van der Waals surface area contributed by atoms with Crippen LogP contribution in [-0.2, 0) is 0 Å². The van der Waals surface area contributed by atoms with E-state index >= 15 is 0 Å². The van der Waals surface area contributed by atoms with E-state index in [1.807, 2.05) is 26.0 Å². The van der Waals surface area contributed by atoms with Crippen molar-refractivity contribution in [1.82, 2.24) is 4.98 Å². The molecule has 1 aromatic carbocycles. The van der Waals surface area contributed by atoms with Gasteiger partial charge in [0.15, 0.2) is 0 Å². The van der Waals surface area contributed by atoms with Crippen LogP contribution in [0.4, 0.5) is 11.5 Å². The van der Waals surface area contributed by atoms with Crippen molar-refractivity contribution in [3.63, 3.8) is 0 Å². The Labute approximate surface area is 142 Å². The van der Waals surface area contributed by atoms with Crippen LogP contribution >= 0.6 is 0 Å². The van der Waals surface area contributed by atoms with Crippen LogP contribution in [0.5, 0.6) is 5.75 Å². The van der Waals surface area contributed by atoms with E-state index in [1.165, 1.54) is 0 Å². The summed E-state index contributed by atoms with van der Waals surface area (Å²) >= 11 is 0. The summed E-state index contributed by atoms with van der Waals surface area (Å²) in [7, 11) is 0. The second-order valence-electron chi connectivity index (χ2n) is 5.33. The van der Waals surface area contributed by atoms with Gasteiger partial charge >= 0.3 is 0 Å². The summed E-state index contributed by atoms with van der Waals surface area (Å²) in [6, 6.07) is 8.96. The van der Waals surface area contributed by atoms with Gasteiger partial charge in [0.25, 0.3) is 5.91 Å². The number of nitrogens with two attached hydrogens (primary N) is 1. The van der Waals surface area contributed by atoms with Crippen molar-refractivity contribution in [1.29, 1.82) is 0 Å². The SMILES string of the molecule is CC#CCCOc1cccc(NC(=O)c2cc(C)c(C)nc2N)c1. The van der Waals surface area contributed by atoms with Crippen LogP contribution in [0.1, 0.15) is 35.0 Å². The fourth-order valence-corrected chi connectivity index (χ4v) is 2.11. The molecule has 1 amide bonds. The zero-order chi connectivity index (χ0) is 17.5. The van der Waals surface area contributed by atoms with Gasteiger partial charge < -0.3 is 15.8 Å². The van der Waals surface area contributed by atoms with Gasteiger partial charge in [-0.2, -0.15) is 0 Å². The maximum atomic E-state index is 12.4. The highest BCUT2D eigenvalue weighted by Crippen LogP contribution is 2.20. The summed E-state index contributed by atoms with van der Waals surface area (Å²) in [6.45, 7) is 6.05. The molecule has 1 heterocycles. The van der Waals surface area contributed by atoms with Crippen molar-refractivity contribution in [3.05, 3.63) is 47.2 Å². The number of hydrogen-bond acceptors (Lipinski definition) is 4. The zero-order valence-corrected chi connectivity index (χ0v) is 14.1. The predicted octanol–water partition coefficient (Wildman–Crippen LogP) is 3.33. The van der Waals surface area contributed by atoms with Crippen LogP contribution in [0.25, 0.3) is 0 Å². The number of benzene rings is 1. The Bertz CT molecular complexity index is 804. The van der Waals surface area contributed by atoms with Gasteiger partial charge in [0.2, 0.25) is 0 Å². The molecular weight excluding hydrogens is 302 g/mol. The fourth-order valence-electron chi connectivity index (χ4n) is 2.11. The molecule has 0 spiro atoms. The first-order valence-electron chi connectivity index (χ1n) is 7.69. The Balaban J connectivity index is 2.09. The molecule has 0 unspecified atom stereocenters. The summed E-state index contributed by atoms with van der Waals surface area (Å²) < 4.78 is 5.60. The van der Waals surface area contributed by atoms with Gasteiger partial charge in [-0.05, 0) is 44.5 Å². The van der Waals surface area contributed by atoms with E-state index in [0.717, 1.165) is 11.3 Å². The maximum Gasteiger partial charge on any atom is 0.259 e. The second-order valence-corrected chi connectivity index (χ2v) is 5.33. The van der Waals surface area contributed by atoms with E-state index in [0.29, 0.717) is 30.0 Å². The monoisotopic (exact) mass is 323 g/mol. The normalized spacial score (nSPS) is 9.79. The number of pyridine rings is 1. The number of anilines is 2. The molecular formula is C19H21N3O2. The standard InChI is InChI=1S/C19H21N3O2/c1-4-5-6-10-24-16-9-7-8-15(12-16)22-19(23)17-11-13(2)14(3)21-18(17)20/h7-9,11-12H,6,10H2,1-3H3,(H2,20,21)(H,22,23). The number of ether oxygens (including phenoxy) is 1. The highest BCUT2D eigenvalue weighted by Gasteiger charge is 2.13. The number of nitrogens with zero attached hydrogens (tertiary/aromatic N) is 1. The zero-order valence-electron chi connectivity index (χ0n) is 14.1. The topological polar surface area (TPSA) is 77.2 Å². The van der Waals surface area contributed by atoms with E-state index < -0.39 is 0 Å². The van der Waals surface area contributed by atoms with E-state index in [-0.39, 0.29) is 11.7 Å². The number of nitrogen functional groups attached to an aromatic ring is 1. The summed E-state index contributed by atoms with van der Waals surface area (Å²) in [4.78, 5) is 16.6. The molecule has 2 aromatic rings. The third-order valence-corrected chi connectivity index (χ3v) is 3.50. The third kappa shape index (κ3) is 4.50. The molecule has 1 aromatic heterocycles. The molecule has 124 valence electrons. The van der Waals surface area contributed by atoms with Crippen LogP contribution in [0.3, 0.4) is 0 Å². The predicted molar refractivity (Wildman–Crippen MR) is 96.1 cm³/mol. The molecule has 0 saturated carbocycles. The summed E-state index contributed by atoms with van der Waals surface area (Å²) in [5.41, 5.74) is 8.59. The van der Waals surface area contributed by atoms with Crippen LogP contribution in [-0.4, -0.2) is 17.5 Å². The Kier molecular flexibility index (Phi) is 5.80. The maximum absolute atomic E-state index is 12.4. The van der Waals surface area contributed by atoms with Crippen LogP contribution in [0.2, 0.25) is 0 Å². The molecule has 0 aliphatic heterocycles. The minimum Gasteiger partial charge on any atom is -0.493 e. The number of rotatable bonds is 5. The van der Waals surface area contributed by atoms with Crippen molar-refractivity contribution in [2.24, 2.45) is 0 Å². The molecule has 0 saturated heterocycles. The van der Waals surface area contributed by atoms with E-state index in [4.69, 9.17) is 10.5 Å². The lowest BCUT2D eigenvalue weighted by molar-refractivity contribution is 0.102. The minimum absolute atomic E-state index is 0.223. The van der Waals surface area contributed by atoms with Crippen molar-refractivity contribution in [3.8, 4) is 17.6 Å². The molecule has 0 radical (unpaired) electrons. The minimum atomic E-state index is -0.294. The van der Waals surface area contributed by atoms with E-state index in [2.05, 4.69) is 22.1 Å². The first-order chi connectivity index (χ1) is 11.5. The lowest BCUT2D eigenvalue weighted by Crippen LogP contribution is -2.16. The van der Waals surface area contributed by atoms with Gasteiger partial charge in [0, 0.05) is 23.9 Å². The lowest BCUT2D eigenvalue weighted by atomic mass is 10.1. The van der Waals surface area contributed by atoms with Crippen LogP contribution in [0.15, 0.2) is 30.3 Å². The Morgan fingerprint density at radius 3 is 2.88 bits per heavy atom. The van der Waals surface area contributed by atoms with Gasteiger partial charge in [-0.3, -0.25) is 4.79 Å². The van der Waals surface area contributed by atoms with Gasteiger partial charge in [0.05, 0.1) is 12.2 Å². The third-order valence-electron chi connectivity index (χ3n) is 3.50. The number of aryl methyl sites for hydroxylation is 2. The molecule has 0 atom stereocenters. The van der Waals surface area contributed by atoms with Gasteiger partial charge in [-0.1, -0.05) is 6.07 Å². The van der Waals surface area contributed by atoms with Gasteiger partial charge in [0.1, 0.15) is 11.6 Å². The Morgan fingerprint density at radius 2 is 2.12 bits per heavy atom. The number of nitrogens with one attached hydrogen (secondary N) is 1. The Morgan fingerprint density at radius 1 is 1.33 bits per heavy atom. The molecule has 3 N–H and O–H groups in total. The van der Waals surface area contributed by atoms with Crippen molar-refractivity contribution >= 4 is 17.4 Å². The molecule has 2 rings (SSSR count). The number of hydrogen-bond donors (Lipinski definition) is 2. The summed E-state index contributed by atoms with van der Waals surface area (Å²) in [6.07, 6.45) is 0.665. The summed E-state index contributed by atoms with van der Waals surface area (Å²) in [5.74, 6) is 6.36. The molecule has 0 aliphatic rings. The molecule has 0 bridgehead atoms. The molecule has 5 nitrogen and oxygen atoms in total. The number of aromatic nitrogens is 1. The lowest BCUT2D eigenvalue weighted by Gasteiger charge is -2.11. The highest BCUT2D eigenvalue weighted by atomic mass is 16.5. The van der Waals surface area contributed by atoms with Crippen molar-refractivity contribution < 1.29 is 9.53 Å². The summed E-state index contributed by atoms with van der Waals surface area (Å²) in [5, 5.41) is 2.82. The molecule has 0 fully saturated rings. The molecule has 0 aliphatic carbocycles. The quantitative estimate of drug-likeness (QED) is 0.653. The first-order valence-corrected chi connectivity index (χ1v) is 7.69. The van der Waals surface area contributed by atoms with Crippen molar-refractivity contribution in [2.45, 2.75) is 27.2 Å². The molecule has 24 heavy (non-hydrogen) atoms. The van der Waals surface area contributed by atoms with E-state index in [9.17, 15) is 4.79 Å². The number of amides is 1. The Hall–Kier alpha value is -3.00. The largest absolute Gasteiger partial charge is 0.493 e. The fraction of sp³-hybridized carbons (Fsp3) is 0.263. The van der Waals surface area contributed by atoms with Gasteiger partial charge in [-0.25, -0.2) is 4.98 Å². The smallest absolute Gasteiger partial charge is 0.259 e. The molecule has 5 heteroatoms. The number of carbonyl (C=O) groups excluding carboxylic acids is 1. The average Bonchev–Trinajstić information content (AvgIpc) is 2.55. The first kappa shape index (κ1) is 17.4. The van der Waals surface area contributed by atoms with Crippen LogP contribution < -0.4 is 15.8 Å². The van der Waals surface area contributed by atoms with E-state index in [1.54, 1.807) is 25.1 Å². The van der Waals surface area contributed by atoms with Crippen LogP contribution in [0, 0.1) is 25.7 Å². The second kappa shape index (κ2) is 8.02. The highest BCUT2D eigenvalue weighted by molar-refractivity contribution is 6.07. The van der Waals surface area contributed by atoms with Crippen molar-refractivity contribution in [2.75, 3.05) is 17.7 Å². The average molecular weight is 323 g/mol.